The van der Waals surface area contributed by atoms with Crippen LogP contribution in [0.3, 0.4) is 0 Å². The van der Waals surface area contributed by atoms with Crippen molar-refractivity contribution in [3.63, 3.8) is 0 Å². The largest absolute Gasteiger partial charge is 0.456 e. The van der Waals surface area contributed by atoms with Gasteiger partial charge in [0.15, 0.2) is 0 Å². The van der Waals surface area contributed by atoms with E-state index in [9.17, 15) is 0 Å². The summed E-state index contributed by atoms with van der Waals surface area (Å²) in [5, 5.41) is 0. The van der Waals surface area contributed by atoms with Crippen molar-refractivity contribution >= 4 is 28.4 Å². The van der Waals surface area contributed by atoms with Crippen LogP contribution in [0.4, 0.5) is 17.1 Å². The van der Waals surface area contributed by atoms with Crippen molar-refractivity contribution in [3.05, 3.63) is 194 Å². The van der Waals surface area contributed by atoms with E-state index >= 15 is 0 Å². The number of para-hydroxylation sites is 1. The Morgan fingerprint density at radius 3 is 1.39 bits per heavy atom. The van der Waals surface area contributed by atoms with Crippen molar-refractivity contribution in [2.45, 2.75) is 0 Å². The predicted molar refractivity (Wildman–Crippen MR) is 185 cm³/mol. The molecule has 2 heteroatoms. The molecular weight excluding hydrogens is 534 g/mol. The summed E-state index contributed by atoms with van der Waals surface area (Å²) >= 11 is 0. The Labute approximate surface area is 259 Å². The van der Waals surface area contributed by atoms with E-state index in [1.807, 2.05) is 54.6 Å². The fraction of sp³-hybridized carbons (Fsp3) is 0. The van der Waals surface area contributed by atoms with Gasteiger partial charge in [0, 0.05) is 28.2 Å². The molecule has 1 aliphatic rings. The second-order valence-corrected chi connectivity index (χ2v) is 10.7. The maximum absolute atomic E-state index is 6.41. The molecule has 0 saturated carbocycles. The van der Waals surface area contributed by atoms with Crippen LogP contribution in [0, 0.1) is 0 Å². The first-order valence-electron chi connectivity index (χ1n) is 14.8. The Kier molecular flexibility index (Phi) is 7.47. The molecule has 44 heavy (non-hydrogen) atoms. The van der Waals surface area contributed by atoms with Crippen LogP contribution in [0.15, 0.2) is 183 Å². The standard InChI is InChI=1S/C42H31NO/c1-31-11-10-18-41(44-42-17-9-8-16-40(31)42)36-23-29-39(30-24-36)43(37-25-19-34(20-26-37)32-12-4-2-5-13-32)38-27-21-35(22-28-38)33-14-6-3-7-15-33/h2-30H,1H2/b11-10-,41-18-. The molecule has 1 aliphatic heterocycles. The monoisotopic (exact) mass is 565 g/mol. The third-order valence-corrected chi connectivity index (χ3v) is 7.87. The summed E-state index contributed by atoms with van der Waals surface area (Å²) in [4.78, 5) is 2.29. The summed E-state index contributed by atoms with van der Waals surface area (Å²) in [5.74, 6) is 1.59. The van der Waals surface area contributed by atoms with E-state index in [0.717, 1.165) is 45.3 Å². The zero-order valence-corrected chi connectivity index (χ0v) is 24.3. The number of fused-ring (bicyclic) bond motifs is 1. The molecule has 0 N–H and O–H groups in total. The lowest BCUT2D eigenvalue weighted by atomic mass is 10.0. The summed E-state index contributed by atoms with van der Waals surface area (Å²) in [6, 6.07) is 55.1. The van der Waals surface area contributed by atoms with Gasteiger partial charge in [-0.2, -0.15) is 0 Å². The highest BCUT2D eigenvalue weighted by molar-refractivity contribution is 5.82. The van der Waals surface area contributed by atoms with Gasteiger partial charge in [-0.05, 0) is 88.5 Å². The molecule has 6 aromatic carbocycles. The van der Waals surface area contributed by atoms with Gasteiger partial charge in [-0.15, -0.1) is 0 Å². The van der Waals surface area contributed by atoms with Gasteiger partial charge >= 0.3 is 0 Å². The first-order chi connectivity index (χ1) is 21.7. The van der Waals surface area contributed by atoms with Crippen LogP contribution < -0.4 is 9.64 Å². The van der Waals surface area contributed by atoms with Gasteiger partial charge in [0.1, 0.15) is 11.5 Å². The summed E-state index contributed by atoms with van der Waals surface area (Å²) < 4.78 is 6.41. The second kappa shape index (κ2) is 12.2. The van der Waals surface area contributed by atoms with Crippen molar-refractivity contribution in [1.29, 1.82) is 0 Å². The van der Waals surface area contributed by atoms with Crippen LogP contribution in [-0.4, -0.2) is 0 Å². The number of hydrogen-bond acceptors (Lipinski definition) is 2. The summed E-state index contributed by atoms with van der Waals surface area (Å²) in [6.45, 7) is 4.19. The molecule has 0 unspecified atom stereocenters. The lowest BCUT2D eigenvalue weighted by molar-refractivity contribution is 0.513. The van der Waals surface area contributed by atoms with Crippen LogP contribution in [0.1, 0.15) is 11.1 Å². The molecule has 0 amide bonds. The summed E-state index contributed by atoms with van der Waals surface area (Å²) in [7, 11) is 0. The van der Waals surface area contributed by atoms with Crippen molar-refractivity contribution in [2.75, 3.05) is 4.90 Å². The highest BCUT2D eigenvalue weighted by Crippen LogP contribution is 2.38. The third kappa shape index (κ3) is 5.62. The van der Waals surface area contributed by atoms with Gasteiger partial charge in [-0.25, -0.2) is 0 Å². The van der Waals surface area contributed by atoms with Crippen LogP contribution >= 0.6 is 0 Å². The van der Waals surface area contributed by atoms with Gasteiger partial charge in [0.25, 0.3) is 0 Å². The number of allylic oxidation sites excluding steroid dienone is 4. The maximum Gasteiger partial charge on any atom is 0.135 e. The van der Waals surface area contributed by atoms with E-state index in [-0.39, 0.29) is 0 Å². The molecule has 0 radical (unpaired) electrons. The fourth-order valence-electron chi connectivity index (χ4n) is 5.56. The third-order valence-electron chi connectivity index (χ3n) is 7.87. The van der Waals surface area contributed by atoms with E-state index in [1.54, 1.807) is 0 Å². The van der Waals surface area contributed by atoms with Crippen LogP contribution in [-0.2, 0) is 0 Å². The normalized spacial score (nSPS) is 14.3. The lowest BCUT2D eigenvalue weighted by Gasteiger charge is -2.26. The van der Waals surface area contributed by atoms with Crippen molar-refractivity contribution in [1.82, 2.24) is 0 Å². The van der Waals surface area contributed by atoms with Crippen LogP contribution in [0.2, 0.25) is 0 Å². The van der Waals surface area contributed by atoms with E-state index in [2.05, 4.69) is 133 Å². The minimum Gasteiger partial charge on any atom is -0.456 e. The summed E-state index contributed by atoms with van der Waals surface area (Å²) in [6.07, 6.45) is 6.02. The first kappa shape index (κ1) is 27.0. The van der Waals surface area contributed by atoms with Crippen molar-refractivity contribution in [3.8, 4) is 28.0 Å². The smallest absolute Gasteiger partial charge is 0.135 e. The van der Waals surface area contributed by atoms with E-state index < -0.39 is 0 Å². The van der Waals surface area contributed by atoms with Crippen molar-refractivity contribution in [2.24, 2.45) is 0 Å². The lowest BCUT2D eigenvalue weighted by Crippen LogP contribution is -2.10. The topological polar surface area (TPSA) is 12.5 Å². The number of anilines is 3. The number of benzene rings is 6. The molecule has 2 nitrogen and oxygen atoms in total. The van der Waals surface area contributed by atoms with Gasteiger partial charge in [-0.1, -0.05) is 122 Å². The molecule has 6 aromatic rings. The molecule has 0 fully saturated rings. The molecule has 7 rings (SSSR count). The molecule has 0 spiro atoms. The molecule has 0 atom stereocenters. The Bertz CT molecular complexity index is 1870. The highest BCUT2D eigenvalue weighted by atomic mass is 16.5. The minimum absolute atomic E-state index is 0.790. The average Bonchev–Trinajstić information content (AvgIpc) is 3.09. The molecule has 0 saturated heterocycles. The Morgan fingerprint density at radius 1 is 0.432 bits per heavy atom. The van der Waals surface area contributed by atoms with Crippen LogP contribution in [0.25, 0.3) is 33.6 Å². The molecule has 0 aromatic heterocycles. The maximum atomic E-state index is 6.41. The minimum atomic E-state index is 0.790. The van der Waals surface area contributed by atoms with Gasteiger partial charge < -0.3 is 9.64 Å². The Hall–Kier alpha value is -5.86. The van der Waals surface area contributed by atoms with E-state index in [4.69, 9.17) is 4.74 Å². The number of ether oxygens (including phenoxy) is 1. The number of rotatable bonds is 6. The average molecular weight is 566 g/mol. The molecular formula is C42H31NO. The van der Waals surface area contributed by atoms with Gasteiger partial charge in [0.05, 0.1) is 0 Å². The highest BCUT2D eigenvalue weighted by Gasteiger charge is 2.16. The molecule has 0 bridgehead atoms. The van der Waals surface area contributed by atoms with Gasteiger partial charge in [-0.3, -0.25) is 0 Å². The summed E-state index contributed by atoms with van der Waals surface area (Å²) in [5.41, 5.74) is 10.9. The Balaban J connectivity index is 1.25. The predicted octanol–water partition coefficient (Wildman–Crippen LogP) is 11.5. The second-order valence-electron chi connectivity index (χ2n) is 10.7. The SMILES string of the molecule is C=C1/C=C\C=C(\c2ccc(N(c3ccc(-c4ccccc4)cc3)c3ccc(-c4ccccc4)cc3)cc2)Oc2ccccc21. The zero-order chi connectivity index (χ0) is 29.7. The van der Waals surface area contributed by atoms with Crippen LogP contribution in [0.5, 0.6) is 5.75 Å². The molecule has 210 valence electrons. The fourth-order valence-corrected chi connectivity index (χ4v) is 5.56. The number of hydrogen-bond donors (Lipinski definition) is 0. The number of nitrogens with zero attached hydrogens (tertiary/aromatic N) is 1. The van der Waals surface area contributed by atoms with E-state index in [1.165, 1.54) is 22.3 Å². The van der Waals surface area contributed by atoms with Crippen molar-refractivity contribution < 1.29 is 4.74 Å². The van der Waals surface area contributed by atoms with E-state index in [0.29, 0.717) is 0 Å². The zero-order valence-electron chi connectivity index (χ0n) is 24.3. The Morgan fingerprint density at radius 2 is 0.864 bits per heavy atom. The molecule has 1 heterocycles. The van der Waals surface area contributed by atoms with Gasteiger partial charge in [0.2, 0.25) is 0 Å². The first-order valence-corrected chi connectivity index (χ1v) is 14.8. The molecule has 0 aliphatic carbocycles. The quantitative estimate of drug-likeness (QED) is 0.199.